The molecule has 1 amide bonds. The van der Waals surface area contributed by atoms with Crippen LogP contribution < -0.4 is 4.74 Å². The summed E-state index contributed by atoms with van der Waals surface area (Å²) in [7, 11) is 0. The molecule has 5 nitrogen and oxygen atoms in total. The van der Waals surface area contributed by atoms with Crippen LogP contribution in [0.25, 0.3) is 23.0 Å². The molecular weight excluding hydrogens is 559 g/mol. The zero-order chi connectivity index (χ0) is 29.3. The van der Waals surface area contributed by atoms with E-state index in [4.69, 9.17) is 22.1 Å². The van der Waals surface area contributed by atoms with Gasteiger partial charge in [-0.3, -0.25) is 9.69 Å². The summed E-state index contributed by atoms with van der Waals surface area (Å²) in [6.07, 6.45) is 10.9. The largest absolute Gasteiger partial charge is 0.489 e. The zero-order valence-electron chi connectivity index (χ0n) is 24.3. The molecule has 0 aliphatic carbocycles. The summed E-state index contributed by atoms with van der Waals surface area (Å²) in [5.74, 6) is 0.741. The smallest absolute Gasteiger partial charge is 0.266 e. The fraction of sp³-hybridized carbons (Fsp3) is 0.286. The average molecular weight is 596 g/mol. The lowest BCUT2D eigenvalue weighted by Crippen LogP contribution is -2.29. The van der Waals surface area contributed by atoms with Crippen molar-refractivity contribution in [3.63, 3.8) is 0 Å². The van der Waals surface area contributed by atoms with Crippen molar-refractivity contribution in [2.24, 2.45) is 0 Å². The average Bonchev–Trinajstić information content (AvgIpc) is 3.55. The molecular formula is C35H37N3O2S2. The van der Waals surface area contributed by atoms with E-state index in [9.17, 15) is 4.79 Å². The number of hydrogen-bond acceptors (Lipinski definition) is 5. The fourth-order valence-electron chi connectivity index (χ4n) is 4.90. The monoisotopic (exact) mass is 595 g/mol. The predicted octanol–water partition coefficient (Wildman–Crippen LogP) is 8.99. The number of aromatic nitrogens is 2. The van der Waals surface area contributed by atoms with Crippen molar-refractivity contribution in [1.82, 2.24) is 14.7 Å². The number of thioether (sulfide) groups is 1. The van der Waals surface area contributed by atoms with Crippen LogP contribution >= 0.6 is 24.0 Å². The summed E-state index contributed by atoms with van der Waals surface area (Å²) in [5, 5.41) is 4.96. The van der Waals surface area contributed by atoms with Gasteiger partial charge in [0.25, 0.3) is 5.91 Å². The van der Waals surface area contributed by atoms with Crippen LogP contribution in [0.1, 0.15) is 62.1 Å². The Bertz CT molecular complexity index is 1540. The highest BCUT2D eigenvalue weighted by molar-refractivity contribution is 8.26. The molecule has 216 valence electrons. The second-order valence-electron chi connectivity index (χ2n) is 10.6. The van der Waals surface area contributed by atoms with Crippen LogP contribution in [0.4, 0.5) is 0 Å². The minimum atomic E-state index is -0.0212. The number of benzene rings is 3. The van der Waals surface area contributed by atoms with E-state index < -0.39 is 0 Å². The number of aryl methyl sites for hydroxylation is 1. The number of unbranched alkanes of at least 4 members (excludes halogenated alkanes) is 5. The SMILES string of the molecule is CCCCCCCCN1C(=O)C(=Cc2cn(-c3ccccc3)nc2-c2cccc(OCc3ccc(C)cc3)c2)SC1=S. The molecule has 0 N–H and O–H groups in total. The Morgan fingerprint density at radius 1 is 0.929 bits per heavy atom. The number of rotatable bonds is 13. The Labute approximate surface area is 258 Å². The van der Waals surface area contributed by atoms with E-state index in [1.54, 1.807) is 4.90 Å². The maximum atomic E-state index is 13.4. The van der Waals surface area contributed by atoms with Crippen molar-refractivity contribution in [3.8, 4) is 22.7 Å². The molecule has 1 saturated heterocycles. The topological polar surface area (TPSA) is 47.4 Å². The van der Waals surface area contributed by atoms with Gasteiger partial charge in [0.15, 0.2) is 0 Å². The zero-order valence-corrected chi connectivity index (χ0v) is 25.9. The number of thiocarbonyl (C=S) groups is 1. The molecule has 0 bridgehead atoms. The van der Waals surface area contributed by atoms with Crippen LogP contribution in [0.15, 0.2) is 90.0 Å². The third kappa shape index (κ3) is 7.58. The summed E-state index contributed by atoms with van der Waals surface area (Å²) < 4.78 is 8.63. The number of hydrogen-bond donors (Lipinski definition) is 0. The van der Waals surface area contributed by atoms with Crippen LogP contribution in [0, 0.1) is 6.92 Å². The fourth-order valence-corrected chi connectivity index (χ4v) is 6.20. The highest BCUT2D eigenvalue weighted by atomic mass is 32.2. The third-order valence-electron chi connectivity index (χ3n) is 7.29. The lowest BCUT2D eigenvalue weighted by atomic mass is 10.1. The molecule has 2 heterocycles. The van der Waals surface area contributed by atoms with E-state index >= 15 is 0 Å². The van der Waals surface area contributed by atoms with E-state index in [-0.39, 0.29) is 5.91 Å². The summed E-state index contributed by atoms with van der Waals surface area (Å²) >= 11 is 7.00. The van der Waals surface area contributed by atoms with Crippen molar-refractivity contribution in [1.29, 1.82) is 0 Å². The first-order chi connectivity index (χ1) is 20.5. The van der Waals surface area contributed by atoms with Gasteiger partial charge in [-0.15, -0.1) is 0 Å². The van der Waals surface area contributed by atoms with Gasteiger partial charge in [0.1, 0.15) is 22.4 Å². The molecule has 1 fully saturated rings. The van der Waals surface area contributed by atoms with Crippen LogP contribution in [0.5, 0.6) is 5.75 Å². The molecule has 1 aromatic heterocycles. The van der Waals surface area contributed by atoms with Gasteiger partial charge in [0.2, 0.25) is 0 Å². The van der Waals surface area contributed by atoms with Crippen molar-refractivity contribution in [3.05, 3.63) is 107 Å². The lowest BCUT2D eigenvalue weighted by molar-refractivity contribution is -0.122. The molecule has 0 unspecified atom stereocenters. The highest BCUT2D eigenvalue weighted by Gasteiger charge is 2.32. The maximum Gasteiger partial charge on any atom is 0.266 e. The van der Waals surface area contributed by atoms with Crippen molar-refractivity contribution in [2.45, 2.75) is 59.0 Å². The first-order valence-corrected chi connectivity index (χ1v) is 15.9. The molecule has 42 heavy (non-hydrogen) atoms. The maximum absolute atomic E-state index is 13.4. The Morgan fingerprint density at radius 3 is 2.48 bits per heavy atom. The first kappa shape index (κ1) is 29.8. The Kier molecular flexibility index (Phi) is 10.3. The van der Waals surface area contributed by atoms with Crippen molar-refractivity contribution >= 4 is 40.3 Å². The molecule has 0 spiro atoms. The van der Waals surface area contributed by atoms with E-state index in [1.165, 1.54) is 43.0 Å². The summed E-state index contributed by atoms with van der Waals surface area (Å²) in [6.45, 7) is 5.45. The van der Waals surface area contributed by atoms with E-state index in [1.807, 2.05) is 71.6 Å². The van der Waals surface area contributed by atoms with E-state index in [0.717, 1.165) is 46.7 Å². The van der Waals surface area contributed by atoms with Gasteiger partial charge in [0, 0.05) is 23.9 Å². The lowest BCUT2D eigenvalue weighted by Gasteiger charge is -2.14. The van der Waals surface area contributed by atoms with E-state index in [2.05, 4.69) is 38.1 Å². The molecule has 0 atom stereocenters. The minimum absolute atomic E-state index is 0.0212. The number of nitrogens with zero attached hydrogens (tertiary/aromatic N) is 3. The van der Waals surface area contributed by atoms with Gasteiger partial charge >= 0.3 is 0 Å². The Hall–Kier alpha value is -3.68. The molecule has 0 saturated carbocycles. The van der Waals surface area contributed by atoms with Gasteiger partial charge in [-0.05, 0) is 49.2 Å². The highest BCUT2D eigenvalue weighted by Crippen LogP contribution is 2.35. The standard InChI is InChI=1S/C35H37N3O2S2/c1-3-4-5-6-7-11-21-37-34(39)32(42-35(37)41)23-29-24-38(30-14-9-8-10-15-30)36-33(29)28-13-12-16-31(22-28)40-25-27-19-17-26(2)18-20-27/h8-10,12-20,22-24H,3-7,11,21,25H2,1-2H3. The number of amides is 1. The minimum Gasteiger partial charge on any atom is -0.489 e. The van der Waals surface area contributed by atoms with Crippen LogP contribution in [0.2, 0.25) is 0 Å². The number of ether oxygens (including phenoxy) is 1. The third-order valence-corrected chi connectivity index (χ3v) is 8.67. The van der Waals surface area contributed by atoms with Gasteiger partial charge < -0.3 is 4.74 Å². The van der Waals surface area contributed by atoms with Crippen molar-refractivity contribution < 1.29 is 9.53 Å². The number of carbonyl (C=O) groups excluding carboxylic acids is 1. The van der Waals surface area contributed by atoms with Gasteiger partial charge in [-0.1, -0.05) is 123 Å². The quantitative estimate of drug-likeness (QED) is 0.0877. The Morgan fingerprint density at radius 2 is 1.69 bits per heavy atom. The summed E-state index contributed by atoms with van der Waals surface area (Å²) in [5.41, 5.74) is 5.83. The normalized spacial score (nSPS) is 14.2. The molecule has 0 radical (unpaired) electrons. The van der Waals surface area contributed by atoms with Crippen LogP contribution in [-0.2, 0) is 11.4 Å². The van der Waals surface area contributed by atoms with Gasteiger partial charge in [-0.2, -0.15) is 5.10 Å². The molecule has 3 aromatic carbocycles. The summed E-state index contributed by atoms with van der Waals surface area (Å²) in [4.78, 5) is 15.8. The molecule has 4 aromatic rings. The number of carbonyl (C=O) groups is 1. The van der Waals surface area contributed by atoms with Gasteiger partial charge in [0.05, 0.1) is 10.6 Å². The van der Waals surface area contributed by atoms with Gasteiger partial charge in [-0.25, -0.2) is 4.68 Å². The molecule has 7 heteroatoms. The Balaban J connectivity index is 1.38. The summed E-state index contributed by atoms with van der Waals surface area (Å²) in [6, 6.07) is 26.3. The van der Waals surface area contributed by atoms with Crippen LogP contribution in [0.3, 0.4) is 0 Å². The van der Waals surface area contributed by atoms with E-state index in [0.29, 0.717) is 22.4 Å². The van der Waals surface area contributed by atoms with Crippen LogP contribution in [-0.4, -0.2) is 31.5 Å². The second-order valence-corrected chi connectivity index (χ2v) is 12.3. The van der Waals surface area contributed by atoms with Crippen molar-refractivity contribution in [2.75, 3.05) is 6.54 Å². The second kappa shape index (κ2) is 14.5. The number of para-hydroxylation sites is 1. The first-order valence-electron chi connectivity index (χ1n) is 14.7. The molecule has 5 rings (SSSR count). The molecule has 1 aliphatic heterocycles. The molecule has 1 aliphatic rings. The predicted molar refractivity (Wildman–Crippen MR) is 178 cm³/mol.